The van der Waals surface area contributed by atoms with Gasteiger partial charge >= 0.3 is 12.1 Å². The number of alkyl halides is 3. The second-order valence-corrected chi connectivity index (χ2v) is 15.1. The SMILES string of the molecule is CC(C)(C)[C@H](NC(=O)C(F)(F)F)C(=O)N1C[C@H]2[C@@H]([C@H]1C(=O)N[C@@H](C[C@@H]1CCCNC1=O)C(=O)C(=O)N1CC3(COC3)C1)C2(C)C. The van der Waals surface area contributed by atoms with Gasteiger partial charge < -0.3 is 30.5 Å². The molecule has 0 unspecified atom stereocenters. The number of nitrogens with zero attached hydrogens (tertiary/aromatic N) is 2. The third-order valence-corrected chi connectivity index (χ3v) is 10.3. The fourth-order valence-electron chi connectivity index (χ4n) is 7.46. The number of likely N-dealkylation sites (tertiary alicyclic amines) is 2. The Labute approximate surface area is 259 Å². The summed E-state index contributed by atoms with van der Waals surface area (Å²) in [5.74, 6) is -6.91. The van der Waals surface area contributed by atoms with Gasteiger partial charge in [0.25, 0.3) is 5.91 Å². The maximum Gasteiger partial charge on any atom is 0.471 e. The fourth-order valence-corrected chi connectivity index (χ4v) is 7.46. The third-order valence-electron chi connectivity index (χ3n) is 10.3. The molecule has 5 fully saturated rings. The van der Waals surface area contributed by atoms with Crippen LogP contribution in [0.2, 0.25) is 0 Å². The van der Waals surface area contributed by atoms with E-state index in [1.807, 2.05) is 19.2 Å². The highest BCUT2D eigenvalue weighted by atomic mass is 19.4. The van der Waals surface area contributed by atoms with Gasteiger partial charge in [-0.15, -0.1) is 0 Å². The number of hydrogen-bond donors (Lipinski definition) is 3. The molecule has 4 saturated heterocycles. The molecule has 1 spiro atoms. The maximum absolute atomic E-state index is 14.0. The summed E-state index contributed by atoms with van der Waals surface area (Å²) >= 11 is 0. The highest BCUT2D eigenvalue weighted by Crippen LogP contribution is 2.65. The predicted octanol–water partition coefficient (Wildman–Crippen LogP) is 0.392. The third kappa shape index (κ3) is 6.16. The van der Waals surface area contributed by atoms with E-state index >= 15 is 0 Å². The van der Waals surface area contributed by atoms with Crippen LogP contribution in [0.4, 0.5) is 13.2 Å². The first kappa shape index (κ1) is 33.1. The van der Waals surface area contributed by atoms with Crippen LogP contribution < -0.4 is 16.0 Å². The number of rotatable bonds is 8. The lowest BCUT2D eigenvalue weighted by atomic mass is 9.77. The summed E-state index contributed by atoms with van der Waals surface area (Å²) in [6, 6.07) is -4.11. The van der Waals surface area contributed by atoms with Crippen molar-refractivity contribution in [3.05, 3.63) is 0 Å². The second-order valence-electron chi connectivity index (χ2n) is 15.1. The van der Waals surface area contributed by atoms with Crippen molar-refractivity contribution in [3.63, 3.8) is 0 Å². The molecule has 6 atom stereocenters. The van der Waals surface area contributed by atoms with E-state index < -0.39 is 65.0 Å². The summed E-state index contributed by atoms with van der Waals surface area (Å²) < 4.78 is 44.8. The van der Waals surface area contributed by atoms with E-state index in [1.165, 1.54) is 30.6 Å². The molecule has 250 valence electrons. The summed E-state index contributed by atoms with van der Waals surface area (Å²) in [4.78, 5) is 81.8. The van der Waals surface area contributed by atoms with E-state index in [0.717, 1.165) is 0 Å². The Morgan fingerprint density at radius 1 is 1.07 bits per heavy atom. The van der Waals surface area contributed by atoms with Crippen molar-refractivity contribution in [1.29, 1.82) is 0 Å². The number of carbonyl (C=O) groups excluding carboxylic acids is 6. The van der Waals surface area contributed by atoms with Gasteiger partial charge in [-0.05, 0) is 41.9 Å². The van der Waals surface area contributed by atoms with Crippen LogP contribution in [0.3, 0.4) is 0 Å². The van der Waals surface area contributed by atoms with E-state index in [1.54, 1.807) is 0 Å². The lowest BCUT2D eigenvalue weighted by Gasteiger charge is -2.54. The molecule has 0 bridgehead atoms. The minimum atomic E-state index is -5.22. The lowest BCUT2D eigenvalue weighted by molar-refractivity contribution is -0.195. The average Bonchev–Trinajstić information content (AvgIpc) is 3.21. The molecule has 3 N–H and O–H groups in total. The van der Waals surface area contributed by atoms with Crippen molar-refractivity contribution in [3.8, 4) is 0 Å². The molecule has 15 heteroatoms. The molecule has 0 aromatic heterocycles. The number of ketones is 1. The normalized spacial score (nSPS) is 29.4. The number of carbonyl (C=O) groups is 6. The largest absolute Gasteiger partial charge is 0.471 e. The van der Waals surface area contributed by atoms with Crippen LogP contribution in [0.15, 0.2) is 0 Å². The molecule has 0 radical (unpaired) electrons. The smallest absolute Gasteiger partial charge is 0.380 e. The molecule has 0 aromatic rings. The fraction of sp³-hybridized carbons (Fsp3) is 0.800. The van der Waals surface area contributed by atoms with Gasteiger partial charge in [0, 0.05) is 32.1 Å². The molecule has 0 aromatic carbocycles. The van der Waals surface area contributed by atoms with E-state index in [-0.39, 0.29) is 41.5 Å². The molecule has 4 aliphatic heterocycles. The van der Waals surface area contributed by atoms with Crippen molar-refractivity contribution in [2.45, 2.75) is 78.2 Å². The van der Waals surface area contributed by atoms with Gasteiger partial charge in [0.1, 0.15) is 12.1 Å². The van der Waals surface area contributed by atoms with Gasteiger partial charge in [-0.2, -0.15) is 13.2 Å². The Kier molecular flexibility index (Phi) is 8.27. The number of amides is 5. The zero-order chi connectivity index (χ0) is 33.3. The average molecular weight is 642 g/mol. The maximum atomic E-state index is 14.0. The van der Waals surface area contributed by atoms with Gasteiger partial charge in [0.05, 0.1) is 24.7 Å². The number of piperidine rings is 2. The number of nitrogens with one attached hydrogen (secondary N) is 3. The molecule has 45 heavy (non-hydrogen) atoms. The van der Waals surface area contributed by atoms with Crippen LogP contribution in [0.1, 0.15) is 53.9 Å². The topological polar surface area (TPSA) is 154 Å². The minimum Gasteiger partial charge on any atom is -0.380 e. The van der Waals surface area contributed by atoms with E-state index in [0.29, 0.717) is 45.7 Å². The molecule has 4 heterocycles. The summed E-state index contributed by atoms with van der Waals surface area (Å²) in [6.07, 6.45) is -4.21. The van der Waals surface area contributed by atoms with Crippen molar-refractivity contribution >= 4 is 35.3 Å². The lowest BCUT2D eigenvalue weighted by Crippen LogP contribution is -2.69. The summed E-state index contributed by atoms with van der Waals surface area (Å²) in [7, 11) is 0. The van der Waals surface area contributed by atoms with Gasteiger partial charge in [-0.3, -0.25) is 28.8 Å². The Balaban J connectivity index is 1.37. The first-order valence-corrected chi connectivity index (χ1v) is 15.4. The number of ether oxygens (including phenoxy) is 1. The van der Waals surface area contributed by atoms with Crippen LogP contribution in [0.25, 0.3) is 0 Å². The van der Waals surface area contributed by atoms with Gasteiger partial charge in [-0.25, -0.2) is 0 Å². The molecular weight excluding hydrogens is 599 g/mol. The van der Waals surface area contributed by atoms with Gasteiger partial charge in [0.2, 0.25) is 23.5 Å². The summed E-state index contributed by atoms with van der Waals surface area (Å²) in [6.45, 7) is 10.6. The Bertz CT molecular complexity index is 1280. The highest BCUT2D eigenvalue weighted by molar-refractivity contribution is 6.38. The standard InChI is InChI=1S/C30H42F3N5O7/c1-27(2,3)21(36-26(44)30(31,32)33)25(43)38-10-16-18(28(16,4)5)19(38)23(41)35-17(9-15-7-6-8-34-22(15)40)20(39)24(42)37-11-29(12-37)13-45-14-29/h15-19,21H,6-14H2,1-5H3,(H,34,40)(H,35,41)(H,36,44)/t15-,16-,17-,18-,19-,21+/m0/s1. The molecule has 5 rings (SSSR count). The van der Waals surface area contributed by atoms with Crippen LogP contribution >= 0.6 is 0 Å². The highest BCUT2D eigenvalue weighted by Gasteiger charge is 2.70. The number of fused-ring (bicyclic) bond motifs is 1. The van der Waals surface area contributed by atoms with Crippen molar-refractivity contribution in [2.24, 2.45) is 34.0 Å². The van der Waals surface area contributed by atoms with Crippen molar-refractivity contribution in [1.82, 2.24) is 25.8 Å². The van der Waals surface area contributed by atoms with E-state index in [2.05, 4.69) is 10.6 Å². The van der Waals surface area contributed by atoms with Crippen LogP contribution in [0.5, 0.6) is 0 Å². The predicted molar refractivity (Wildman–Crippen MR) is 151 cm³/mol. The van der Waals surface area contributed by atoms with Gasteiger partial charge in [-0.1, -0.05) is 34.6 Å². The van der Waals surface area contributed by atoms with Crippen LogP contribution in [0, 0.1) is 34.0 Å². The van der Waals surface area contributed by atoms with Gasteiger partial charge in [0.15, 0.2) is 0 Å². The number of hydrogen-bond acceptors (Lipinski definition) is 7. The molecular formula is C30H42F3N5O7. The van der Waals surface area contributed by atoms with Crippen molar-refractivity contribution in [2.75, 3.05) is 39.4 Å². The summed E-state index contributed by atoms with van der Waals surface area (Å²) in [5, 5.41) is 7.24. The first-order valence-electron chi connectivity index (χ1n) is 15.4. The summed E-state index contributed by atoms with van der Waals surface area (Å²) in [5.41, 5.74) is -1.67. The molecule has 5 aliphatic rings. The quantitative estimate of drug-likeness (QED) is 0.324. The molecule has 1 saturated carbocycles. The zero-order valence-corrected chi connectivity index (χ0v) is 26.2. The Morgan fingerprint density at radius 3 is 2.24 bits per heavy atom. The molecule has 1 aliphatic carbocycles. The van der Waals surface area contributed by atoms with Crippen LogP contribution in [-0.2, 0) is 33.5 Å². The zero-order valence-electron chi connectivity index (χ0n) is 26.2. The second kappa shape index (κ2) is 11.2. The molecule has 5 amide bonds. The monoisotopic (exact) mass is 641 g/mol. The number of halogens is 3. The van der Waals surface area contributed by atoms with E-state index in [4.69, 9.17) is 4.74 Å². The van der Waals surface area contributed by atoms with Crippen molar-refractivity contribution < 1.29 is 46.7 Å². The minimum absolute atomic E-state index is 0.0730. The van der Waals surface area contributed by atoms with E-state index in [9.17, 15) is 41.9 Å². The Hall–Kier alpha value is -3.23. The number of Topliss-reactive ketones (excluding diaryl/α,β-unsaturated/α-hetero) is 1. The Morgan fingerprint density at radius 2 is 1.71 bits per heavy atom. The first-order chi connectivity index (χ1) is 20.8. The van der Waals surface area contributed by atoms with Crippen LogP contribution in [-0.4, -0.2) is 109 Å². The molecule has 12 nitrogen and oxygen atoms in total.